The lowest BCUT2D eigenvalue weighted by Gasteiger charge is -2.19. The van der Waals surface area contributed by atoms with Crippen LogP contribution in [0.1, 0.15) is 5.56 Å². The number of ether oxygens (including phenoxy) is 3. The molecule has 0 aliphatic carbocycles. The molecule has 0 radical (unpaired) electrons. The minimum absolute atomic E-state index is 0.0692. The van der Waals surface area contributed by atoms with Crippen LogP contribution in [-0.4, -0.2) is 30.7 Å². The Morgan fingerprint density at radius 1 is 1.00 bits per heavy atom. The fourth-order valence-corrected chi connectivity index (χ4v) is 2.79. The summed E-state index contributed by atoms with van der Waals surface area (Å²) in [7, 11) is 0. The van der Waals surface area contributed by atoms with Crippen LogP contribution in [0.5, 0.6) is 17.2 Å². The molecule has 2 N–H and O–H groups in total. The second kappa shape index (κ2) is 8.52. The van der Waals surface area contributed by atoms with E-state index in [0.717, 1.165) is 17.0 Å². The molecule has 0 spiro atoms. The monoisotopic (exact) mass is 391 g/mol. The lowest BCUT2D eigenvalue weighted by atomic mass is 10.2. The minimum atomic E-state index is -0.250. The number of benzene rings is 2. The van der Waals surface area contributed by atoms with Crippen LogP contribution < -0.4 is 24.8 Å². The number of carbonyl (C=O) groups is 1. The van der Waals surface area contributed by atoms with Crippen molar-refractivity contribution in [3.05, 3.63) is 66.4 Å². The fraction of sp³-hybridized carbons (Fsp3) is 0.182. The Morgan fingerprint density at radius 3 is 2.52 bits per heavy atom. The summed E-state index contributed by atoms with van der Waals surface area (Å²) in [4.78, 5) is 16.4. The van der Waals surface area contributed by atoms with Gasteiger partial charge in [-0.15, -0.1) is 0 Å². The molecule has 2 heterocycles. The zero-order valence-electron chi connectivity index (χ0n) is 16.0. The van der Waals surface area contributed by atoms with E-state index in [9.17, 15) is 4.79 Å². The van der Waals surface area contributed by atoms with Gasteiger partial charge in [-0.2, -0.15) is 0 Å². The molecule has 2 aromatic carbocycles. The first kappa shape index (κ1) is 18.6. The fourth-order valence-electron chi connectivity index (χ4n) is 2.79. The first-order chi connectivity index (χ1) is 14.2. The molecule has 1 aromatic heterocycles. The maximum atomic E-state index is 12.1. The van der Waals surface area contributed by atoms with Crippen molar-refractivity contribution in [2.24, 2.45) is 0 Å². The van der Waals surface area contributed by atoms with Crippen LogP contribution in [0.2, 0.25) is 0 Å². The standard InChI is InChI=1S/C22H21N3O4/c1-15-2-6-18(7-3-15)29-14-22(26)25-17-5-9-21(23-13-17)24-16-4-8-19-20(12-16)28-11-10-27-19/h2-9,12-13H,10-11,14H2,1H3,(H,23,24)(H,25,26). The van der Waals surface area contributed by atoms with E-state index in [1.807, 2.05) is 49.4 Å². The van der Waals surface area contributed by atoms with E-state index in [1.165, 1.54) is 0 Å². The number of fused-ring (bicyclic) bond motifs is 1. The first-order valence-corrected chi connectivity index (χ1v) is 9.28. The third-order valence-electron chi connectivity index (χ3n) is 4.25. The number of carbonyl (C=O) groups excluding carboxylic acids is 1. The molecule has 0 unspecified atom stereocenters. The Labute approximate surface area is 168 Å². The number of aryl methyl sites for hydroxylation is 1. The third-order valence-corrected chi connectivity index (χ3v) is 4.25. The van der Waals surface area contributed by atoms with E-state index in [0.29, 0.717) is 36.2 Å². The number of amides is 1. The SMILES string of the molecule is Cc1ccc(OCC(=O)Nc2ccc(Nc3ccc4c(c3)OCCO4)nc2)cc1. The highest BCUT2D eigenvalue weighted by atomic mass is 16.6. The Kier molecular flexibility index (Phi) is 5.47. The van der Waals surface area contributed by atoms with Crippen LogP contribution in [0.3, 0.4) is 0 Å². The van der Waals surface area contributed by atoms with Crippen molar-refractivity contribution in [2.75, 3.05) is 30.5 Å². The second-order valence-corrected chi connectivity index (χ2v) is 6.57. The number of nitrogens with one attached hydrogen (secondary N) is 2. The summed E-state index contributed by atoms with van der Waals surface area (Å²) < 4.78 is 16.6. The lowest BCUT2D eigenvalue weighted by molar-refractivity contribution is -0.118. The van der Waals surface area contributed by atoms with Gasteiger partial charge in [-0.1, -0.05) is 17.7 Å². The van der Waals surface area contributed by atoms with Gasteiger partial charge in [0.2, 0.25) is 0 Å². The molecule has 7 heteroatoms. The number of hydrogen-bond acceptors (Lipinski definition) is 6. The molecule has 0 saturated heterocycles. The molecule has 7 nitrogen and oxygen atoms in total. The Morgan fingerprint density at radius 2 is 1.76 bits per heavy atom. The van der Waals surface area contributed by atoms with Crippen LogP contribution in [0.25, 0.3) is 0 Å². The summed E-state index contributed by atoms with van der Waals surface area (Å²) in [6.07, 6.45) is 1.59. The molecule has 1 aliphatic heterocycles. The molecular formula is C22H21N3O4. The highest BCUT2D eigenvalue weighted by Gasteiger charge is 2.12. The second-order valence-electron chi connectivity index (χ2n) is 6.57. The van der Waals surface area contributed by atoms with E-state index in [2.05, 4.69) is 15.6 Å². The smallest absolute Gasteiger partial charge is 0.262 e. The van der Waals surface area contributed by atoms with Gasteiger partial charge in [-0.3, -0.25) is 4.79 Å². The molecule has 0 bridgehead atoms. The van der Waals surface area contributed by atoms with Crippen LogP contribution in [0.15, 0.2) is 60.8 Å². The summed E-state index contributed by atoms with van der Waals surface area (Å²) in [6, 6.07) is 16.7. The predicted molar refractivity (Wildman–Crippen MR) is 110 cm³/mol. The average molecular weight is 391 g/mol. The molecular weight excluding hydrogens is 370 g/mol. The zero-order chi connectivity index (χ0) is 20.1. The van der Waals surface area contributed by atoms with Crippen molar-refractivity contribution in [2.45, 2.75) is 6.92 Å². The maximum Gasteiger partial charge on any atom is 0.262 e. The van der Waals surface area contributed by atoms with Gasteiger partial charge < -0.3 is 24.8 Å². The number of nitrogens with zero attached hydrogens (tertiary/aromatic N) is 1. The van der Waals surface area contributed by atoms with Crippen LogP contribution >= 0.6 is 0 Å². The maximum absolute atomic E-state index is 12.1. The number of rotatable bonds is 6. The molecule has 1 aliphatic rings. The predicted octanol–water partition coefficient (Wildman–Crippen LogP) is 3.92. The van der Waals surface area contributed by atoms with E-state index in [4.69, 9.17) is 14.2 Å². The van der Waals surface area contributed by atoms with Gasteiger partial charge in [0.05, 0.1) is 11.9 Å². The van der Waals surface area contributed by atoms with Crippen LogP contribution in [-0.2, 0) is 4.79 Å². The van der Waals surface area contributed by atoms with E-state index in [-0.39, 0.29) is 12.5 Å². The van der Waals surface area contributed by atoms with Gasteiger partial charge in [0.25, 0.3) is 5.91 Å². The number of anilines is 3. The number of pyridine rings is 1. The highest BCUT2D eigenvalue weighted by Crippen LogP contribution is 2.33. The van der Waals surface area contributed by atoms with Gasteiger partial charge >= 0.3 is 0 Å². The van der Waals surface area contributed by atoms with Gasteiger partial charge in [-0.25, -0.2) is 4.98 Å². The number of aromatic nitrogens is 1. The summed E-state index contributed by atoms with van der Waals surface area (Å²) in [5.41, 5.74) is 2.57. The van der Waals surface area contributed by atoms with Gasteiger partial charge in [0.15, 0.2) is 18.1 Å². The minimum Gasteiger partial charge on any atom is -0.486 e. The third kappa shape index (κ3) is 4.95. The largest absolute Gasteiger partial charge is 0.486 e. The molecule has 0 fully saturated rings. The summed E-state index contributed by atoms with van der Waals surface area (Å²) >= 11 is 0. The van der Waals surface area contributed by atoms with Crippen molar-refractivity contribution in [3.8, 4) is 17.2 Å². The topological polar surface area (TPSA) is 81.7 Å². The lowest BCUT2D eigenvalue weighted by Crippen LogP contribution is -2.20. The van der Waals surface area contributed by atoms with Crippen molar-refractivity contribution < 1.29 is 19.0 Å². The molecule has 29 heavy (non-hydrogen) atoms. The average Bonchev–Trinajstić information content (AvgIpc) is 2.75. The Bertz CT molecular complexity index is 988. The van der Waals surface area contributed by atoms with E-state index >= 15 is 0 Å². The number of hydrogen-bond donors (Lipinski definition) is 2. The first-order valence-electron chi connectivity index (χ1n) is 9.28. The molecule has 3 aromatic rings. The van der Waals surface area contributed by atoms with Crippen LogP contribution in [0, 0.1) is 6.92 Å². The van der Waals surface area contributed by atoms with Crippen molar-refractivity contribution in [3.63, 3.8) is 0 Å². The van der Waals surface area contributed by atoms with Crippen LogP contribution in [0.4, 0.5) is 17.2 Å². The van der Waals surface area contributed by atoms with Crippen molar-refractivity contribution >= 4 is 23.1 Å². The van der Waals surface area contributed by atoms with Crippen molar-refractivity contribution in [1.82, 2.24) is 4.98 Å². The van der Waals surface area contributed by atoms with Gasteiger partial charge in [-0.05, 0) is 43.3 Å². The van der Waals surface area contributed by atoms with E-state index < -0.39 is 0 Å². The zero-order valence-corrected chi connectivity index (χ0v) is 16.0. The summed E-state index contributed by atoms with van der Waals surface area (Å²) in [6.45, 7) is 3.03. The normalized spacial score (nSPS) is 12.2. The quantitative estimate of drug-likeness (QED) is 0.663. The molecule has 0 atom stereocenters. The Hall–Kier alpha value is -3.74. The molecule has 0 saturated carbocycles. The molecule has 1 amide bonds. The molecule has 4 rings (SSSR count). The highest BCUT2D eigenvalue weighted by molar-refractivity contribution is 5.91. The molecule has 148 valence electrons. The summed E-state index contributed by atoms with van der Waals surface area (Å²) in [5, 5.41) is 5.97. The van der Waals surface area contributed by atoms with Gasteiger partial charge in [0, 0.05) is 11.8 Å². The van der Waals surface area contributed by atoms with E-state index in [1.54, 1.807) is 18.3 Å². The van der Waals surface area contributed by atoms with Crippen molar-refractivity contribution in [1.29, 1.82) is 0 Å². The van der Waals surface area contributed by atoms with Gasteiger partial charge in [0.1, 0.15) is 24.8 Å². The Balaban J connectivity index is 1.30. The summed E-state index contributed by atoms with van der Waals surface area (Å²) in [5.74, 6) is 2.50.